The van der Waals surface area contributed by atoms with Crippen molar-refractivity contribution in [3.63, 3.8) is 0 Å². The smallest absolute Gasteiger partial charge is 0.0529 e. The van der Waals surface area contributed by atoms with E-state index in [-0.39, 0.29) is 5.41 Å². The van der Waals surface area contributed by atoms with E-state index in [9.17, 15) is 0 Å². The predicted octanol–water partition coefficient (Wildman–Crippen LogP) is 3.98. The molecule has 1 N–H and O–H groups in total. The molecule has 1 aliphatic rings. The van der Waals surface area contributed by atoms with Gasteiger partial charge in [-0.3, -0.25) is 4.98 Å². The van der Waals surface area contributed by atoms with Crippen LogP contribution in [0.5, 0.6) is 0 Å². The maximum atomic E-state index is 4.33. The Morgan fingerprint density at radius 2 is 1.94 bits per heavy atom. The quantitative estimate of drug-likeness (QED) is 0.852. The molecule has 1 aromatic heterocycles. The summed E-state index contributed by atoms with van der Waals surface area (Å²) in [4.78, 5) is 4.33. The van der Waals surface area contributed by atoms with Gasteiger partial charge >= 0.3 is 0 Å². The predicted molar refractivity (Wildman–Crippen MR) is 73.4 cm³/mol. The number of aromatic nitrogens is 1. The highest BCUT2D eigenvalue weighted by atomic mass is 14.9. The van der Waals surface area contributed by atoms with Crippen LogP contribution in [0.25, 0.3) is 0 Å². The monoisotopic (exact) mass is 232 g/mol. The number of pyridine rings is 1. The third-order valence-corrected chi connectivity index (χ3v) is 3.67. The van der Waals surface area contributed by atoms with E-state index in [0.717, 1.165) is 12.5 Å². The second-order valence-corrected chi connectivity index (χ2v) is 6.24. The maximum absolute atomic E-state index is 4.33. The van der Waals surface area contributed by atoms with Crippen molar-refractivity contribution < 1.29 is 0 Å². The van der Waals surface area contributed by atoms with Crippen molar-refractivity contribution in [2.24, 2.45) is 5.92 Å². The highest BCUT2D eigenvalue weighted by Gasteiger charge is 2.16. The van der Waals surface area contributed by atoms with E-state index in [0.29, 0.717) is 0 Å². The van der Waals surface area contributed by atoms with E-state index in [1.54, 1.807) is 0 Å². The maximum Gasteiger partial charge on any atom is 0.0529 e. The number of rotatable bonds is 3. The highest BCUT2D eigenvalue weighted by Crippen LogP contribution is 2.26. The fraction of sp³-hybridized carbons (Fsp3) is 0.667. The zero-order valence-electron chi connectivity index (χ0n) is 11.3. The van der Waals surface area contributed by atoms with Gasteiger partial charge in [0.05, 0.1) is 5.69 Å². The highest BCUT2D eigenvalue weighted by molar-refractivity contribution is 5.44. The van der Waals surface area contributed by atoms with Crippen LogP contribution in [0.1, 0.15) is 52.0 Å². The third kappa shape index (κ3) is 3.45. The molecule has 1 saturated carbocycles. The lowest BCUT2D eigenvalue weighted by atomic mass is 9.88. The summed E-state index contributed by atoms with van der Waals surface area (Å²) < 4.78 is 0. The molecule has 0 aliphatic heterocycles. The topological polar surface area (TPSA) is 24.9 Å². The first kappa shape index (κ1) is 12.4. The van der Waals surface area contributed by atoms with E-state index in [4.69, 9.17) is 0 Å². The van der Waals surface area contributed by atoms with Gasteiger partial charge < -0.3 is 5.32 Å². The summed E-state index contributed by atoms with van der Waals surface area (Å²) in [5.41, 5.74) is 2.65. The molecule has 1 fully saturated rings. The van der Waals surface area contributed by atoms with Crippen molar-refractivity contribution in [3.8, 4) is 0 Å². The number of hydrogen-bond donors (Lipinski definition) is 1. The number of anilines is 1. The molecule has 0 aromatic carbocycles. The van der Waals surface area contributed by atoms with Crippen LogP contribution in [0.15, 0.2) is 18.5 Å². The normalized spacial score (nSPS) is 17.4. The Balaban J connectivity index is 1.96. The van der Waals surface area contributed by atoms with E-state index >= 15 is 0 Å². The molecule has 1 aromatic rings. The van der Waals surface area contributed by atoms with Gasteiger partial charge in [-0.05, 0) is 35.8 Å². The van der Waals surface area contributed by atoms with Crippen LogP contribution >= 0.6 is 0 Å². The Morgan fingerprint density at radius 1 is 1.24 bits per heavy atom. The van der Waals surface area contributed by atoms with Gasteiger partial charge in [-0.2, -0.15) is 0 Å². The summed E-state index contributed by atoms with van der Waals surface area (Å²) in [5.74, 6) is 0.869. The Labute approximate surface area is 105 Å². The Bertz CT molecular complexity index is 359. The molecule has 0 spiro atoms. The SMILES string of the molecule is CC(C)(C)c1cncc(NCC2CCCC2)c1. The van der Waals surface area contributed by atoms with Crippen molar-refractivity contribution in [2.45, 2.75) is 51.9 Å². The molecule has 1 aliphatic carbocycles. The minimum Gasteiger partial charge on any atom is -0.384 e. The van der Waals surface area contributed by atoms with Crippen LogP contribution < -0.4 is 5.32 Å². The van der Waals surface area contributed by atoms with Crippen LogP contribution in [-0.4, -0.2) is 11.5 Å². The minimum atomic E-state index is 0.179. The van der Waals surface area contributed by atoms with Gasteiger partial charge in [-0.15, -0.1) is 0 Å². The molecular formula is C15H24N2. The molecule has 0 unspecified atom stereocenters. The van der Waals surface area contributed by atoms with Gasteiger partial charge in [0.2, 0.25) is 0 Å². The average molecular weight is 232 g/mol. The summed E-state index contributed by atoms with van der Waals surface area (Å²) in [5, 5.41) is 3.54. The molecule has 0 atom stereocenters. The van der Waals surface area contributed by atoms with Gasteiger partial charge in [-0.1, -0.05) is 33.6 Å². The summed E-state index contributed by atoms with van der Waals surface area (Å²) in [6.45, 7) is 7.79. The Morgan fingerprint density at radius 3 is 2.59 bits per heavy atom. The molecule has 0 saturated heterocycles. The molecule has 2 heteroatoms. The lowest BCUT2D eigenvalue weighted by molar-refractivity contribution is 0.577. The Hall–Kier alpha value is -1.05. The van der Waals surface area contributed by atoms with Crippen molar-refractivity contribution in [3.05, 3.63) is 24.0 Å². The van der Waals surface area contributed by atoms with Crippen molar-refractivity contribution in [1.29, 1.82) is 0 Å². The molecule has 94 valence electrons. The van der Waals surface area contributed by atoms with Crippen LogP contribution in [-0.2, 0) is 5.41 Å². The third-order valence-electron chi connectivity index (χ3n) is 3.67. The molecule has 0 radical (unpaired) electrons. The van der Waals surface area contributed by atoms with Gasteiger partial charge in [0.15, 0.2) is 0 Å². The largest absolute Gasteiger partial charge is 0.384 e. The molecule has 17 heavy (non-hydrogen) atoms. The van der Waals surface area contributed by atoms with E-state index in [2.05, 4.69) is 37.1 Å². The summed E-state index contributed by atoms with van der Waals surface area (Å²) in [6.07, 6.45) is 9.50. The summed E-state index contributed by atoms with van der Waals surface area (Å²) in [7, 11) is 0. The summed E-state index contributed by atoms with van der Waals surface area (Å²) in [6, 6.07) is 2.24. The second-order valence-electron chi connectivity index (χ2n) is 6.24. The van der Waals surface area contributed by atoms with Crippen LogP contribution in [0, 0.1) is 5.92 Å². The summed E-state index contributed by atoms with van der Waals surface area (Å²) >= 11 is 0. The van der Waals surface area contributed by atoms with Gasteiger partial charge in [0.25, 0.3) is 0 Å². The fourth-order valence-corrected chi connectivity index (χ4v) is 2.42. The van der Waals surface area contributed by atoms with Crippen molar-refractivity contribution >= 4 is 5.69 Å². The van der Waals surface area contributed by atoms with Gasteiger partial charge in [-0.25, -0.2) is 0 Å². The molecule has 1 heterocycles. The van der Waals surface area contributed by atoms with Crippen LogP contribution in [0.2, 0.25) is 0 Å². The first-order chi connectivity index (χ1) is 8.05. The zero-order chi connectivity index (χ0) is 12.3. The van der Waals surface area contributed by atoms with Gasteiger partial charge in [0, 0.05) is 18.9 Å². The number of nitrogens with one attached hydrogen (secondary N) is 1. The van der Waals surface area contributed by atoms with E-state index in [1.165, 1.54) is 36.9 Å². The molecular weight excluding hydrogens is 208 g/mol. The van der Waals surface area contributed by atoms with Crippen LogP contribution in [0.4, 0.5) is 5.69 Å². The molecule has 2 nitrogen and oxygen atoms in total. The van der Waals surface area contributed by atoms with Crippen LogP contribution in [0.3, 0.4) is 0 Å². The first-order valence-electron chi connectivity index (χ1n) is 6.75. The average Bonchev–Trinajstić information content (AvgIpc) is 2.78. The van der Waals surface area contributed by atoms with E-state index < -0.39 is 0 Å². The lowest BCUT2D eigenvalue weighted by Gasteiger charge is -2.20. The fourth-order valence-electron chi connectivity index (χ4n) is 2.42. The molecule has 0 bridgehead atoms. The van der Waals surface area contributed by atoms with E-state index in [1.807, 2.05) is 12.4 Å². The Kier molecular flexibility index (Phi) is 3.70. The van der Waals surface area contributed by atoms with Crippen molar-refractivity contribution in [1.82, 2.24) is 4.98 Å². The second kappa shape index (κ2) is 5.07. The first-order valence-corrected chi connectivity index (χ1v) is 6.75. The molecule has 2 rings (SSSR count). The standard InChI is InChI=1S/C15H24N2/c1-15(2,3)13-8-14(11-16-10-13)17-9-12-6-4-5-7-12/h8,10-12,17H,4-7,9H2,1-3H3. The molecule has 0 amide bonds. The zero-order valence-corrected chi connectivity index (χ0v) is 11.3. The minimum absolute atomic E-state index is 0.179. The van der Waals surface area contributed by atoms with Crippen molar-refractivity contribution in [2.75, 3.05) is 11.9 Å². The van der Waals surface area contributed by atoms with Gasteiger partial charge in [0.1, 0.15) is 0 Å². The number of nitrogens with zero attached hydrogens (tertiary/aromatic N) is 1. The number of hydrogen-bond acceptors (Lipinski definition) is 2. The lowest BCUT2D eigenvalue weighted by Crippen LogP contribution is -2.14.